The Bertz CT molecular complexity index is 937. The second-order valence-corrected chi connectivity index (χ2v) is 8.38. The number of hydrogen-bond donors (Lipinski definition) is 2. The van der Waals surface area contributed by atoms with Crippen LogP contribution in [-0.4, -0.2) is 20.4 Å². The summed E-state index contributed by atoms with van der Waals surface area (Å²) in [7, 11) is -3.82. The van der Waals surface area contributed by atoms with Crippen LogP contribution in [0.15, 0.2) is 41.3 Å². The van der Waals surface area contributed by atoms with Crippen molar-refractivity contribution < 1.29 is 13.2 Å². The fourth-order valence-corrected chi connectivity index (χ4v) is 3.63. The topological polar surface area (TPSA) is 75.3 Å². The number of carbonyl (C=O) groups excluding carboxylic acids is 1. The summed E-state index contributed by atoms with van der Waals surface area (Å²) in [5.41, 5.74) is 2.70. The zero-order valence-corrected chi connectivity index (χ0v) is 15.5. The Morgan fingerprint density at radius 1 is 1.08 bits per heavy atom. The Morgan fingerprint density at radius 2 is 1.80 bits per heavy atom. The van der Waals surface area contributed by atoms with Gasteiger partial charge in [0.25, 0.3) is 15.9 Å². The lowest BCUT2D eigenvalue weighted by Crippen LogP contribution is -2.26. The molecule has 2 N–H and O–H groups in total. The molecule has 2 aromatic rings. The normalized spacial score (nSPS) is 14.2. The molecule has 0 saturated heterocycles. The molecule has 5 nitrogen and oxygen atoms in total. The Balaban J connectivity index is 1.88. The largest absolute Gasteiger partial charge is 0.349 e. The van der Waals surface area contributed by atoms with E-state index in [2.05, 4.69) is 10.0 Å². The molecule has 1 aliphatic carbocycles. The van der Waals surface area contributed by atoms with E-state index in [-0.39, 0.29) is 27.4 Å². The summed E-state index contributed by atoms with van der Waals surface area (Å²) < 4.78 is 27.8. The average Bonchev–Trinajstić information content (AvgIpc) is 3.34. The first-order chi connectivity index (χ1) is 11.8. The molecular formula is C18H19ClN2O3S. The molecule has 0 aromatic heterocycles. The van der Waals surface area contributed by atoms with Crippen LogP contribution >= 0.6 is 11.6 Å². The van der Waals surface area contributed by atoms with Crippen LogP contribution in [0.4, 0.5) is 5.69 Å². The van der Waals surface area contributed by atoms with Crippen LogP contribution in [-0.2, 0) is 10.0 Å². The number of rotatable bonds is 5. The Hall–Kier alpha value is -2.05. The quantitative estimate of drug-likeness (QED) is 0.833. The Labute approximate surface area is 152 Å². The SMILES string of the molecule is Cc1ccc(NS(=O)(=O)c2ccc(Cl)c(C(=O)NC3CC3)c2)cc1C. The van der Waals surface area contributed by atoms with Crippen LogP contribution in [0.5, 0.6) is 0 Å². The molecule has 0 spiro atoms. The van der Waals surface area contributed by atoms with Gasteiger partial charge in [0.05, 0.1) is 15.5 Å². The molecule has 132 valence electrons. The van der Waals surface area contributed by atoms with E-state index in [0.29, 0.717) is 5.69 Å². The van der Waals surface area contributed by atoms with E-state index < -0.39 is 10.0 Å². The minimum atomic E-state index is -3.82. The van der Waals surface area contributed by atoms with Crippen LogP contribution in [0.2, 0.25) is 5.02 Å². The van der Waals surface area contributed by atoms with Gasteiger partial charge in [-0.2, -0.15) is 0 Å². The fraction of sp³-hybridized carbons (Fsp3) is 0.278. The number of nitrogens with one attached hydrogen (secondary N) is 2. The summed E-state index contributed by atoms with van der Waals surface area (Å²) in [5, 5.41) is 3.04. The van der Waals surface area contributed by atoms with Crippen molar-refractivity contribution in [2.24, 2.45) is 0 Å². The number of sulfonamides is 1. The van der Waals surface area contributed by atoms with Gasteiger partial charge in [-0.05, 0) is 68.1 Å². The molecule has 0 unspecified atom stereocenters. The van der Waals surface area contributed by atoms with E-state index in [0.717, 1.165) is 24.0 Å². The van der Waals surface area contributed by atoms with Gasteiger partial charge in [-0.1, -0.05) is 17.7 Å². The van der Waals surface area contributed by atoms with Gasteiger partial charge in [-0.25, -0.2) is 8.42 Å². The van der Waals surface area contributed by atoms with Crippen molar-refractivity contribution in [2.45, 2.75) is 37.6 Å². The number of carbonyl (C=O) groups is 1. The third-order valence-corrected chi connectivity index (χ3v) is 5.87. The minimum absolute atomic E-state index is 0.00363. The Morgan fingerprint density at radius 3 is 2.44 bits per heavy atom. The first kappa shape index (κ1) is 17.8. The zero-order valence-electron chi connectivity index (χ0n) is 14.0. The number of benzene rings is 2. The van der Waals surface area contributed by atoms with Gasteiger partial charge in [-0.15, -0.1) is 0 Å². The maximum absolute atomic E-state index is 12.6. The van der Waals surface area contributed by atoms with E-state index >= 15 is 0 Å². The minimum Gasteiger partial charge on any atom is -0.349 e. The van der Waals surface area contributed by atoms with Gasteiger partial charge >= 0.3 is 0 Å². The standard InChI is InChI=1S/C18H19ClN2O3S/c1-11-3-4-14(9-12(11)2)21-25(23,24)15-7-8-17(19)16(10-15)18(22)20-13-5-6-13/h3-4,7-10,13,21H,5-6H2,1-2H3,(H,20,22). The second-order valence-electron chi connectivity index (χ2n) is 6.29. The number of amides is 1. The predicted octanol–water partition coefficient (Wildman–Crippen LogP) is 3.65. The molecule has 0 bridgehead atoms. The molecule has 1 aliphatic rings. The summed E-state index contributed by atoms with van der Waals surface area (Å²) in [6.07, 6.45) is 1.88. The molecular weight excluding hydrogens is 360 g/mol. The average molecular weight is 379 g/mol. The van der Waals surface area contributed by atoms with E-state index in [1.807, 2.05) is 19.9 Å². The van der Waals surface area contributed by atoms with E-state index in [4.69, 9.17) is 11.6 Å². The molecule has 3 rings (SSSR count). The van der Waals surface area contributed by atoms with Gasteiger partial charge < -0.3 is 5.32 Å². The molecule has 0 radical (unpaired) electrons. The van der Waals surface area contributed by atoms with Gasteiger partial charge in [0.2, 0.25) is 0 Å². The molecule has 0 atom stereocenters. The van der Waals surface area contributed by atoms with E-state index in [1.54, 1.807) is 12.1 Å². The summed E-state index contributed by atoms with van der Waals surface area (Å²) in [4.78, 5) is 12.2. The maximum Gasteiger partial charge on any atom is 0.261 e. The van der Waals surface area contributed by atoms with Crippen LogP contribution in [0.25, 0.3) is 0 Å². The lowest BCUT2D eigenvalue weighted by atomic mass is 10.1. The maximum atomic E-state index is 12.6. The van der Waals surface area contributed by atoms with Crippen molar-refractivity contribution in [3.05, 3.63) is 58.1 Å². The first-order valence-corrected chi connectivity index (χ1v) is 9.83. The highest BCUT2D eigenvalue weighted by molar-refractivity contribution is 7.92. The lowest BCUT2D eigenvalue weighted by molar-refractivity contribution is 0.0951. The van der Waals surface area contributed by atoms with Crippen molar-refractivity contribution in [3.8, 4) is 0 Å². The van der Waals surface area contributed by atoms with Crippen molar-refractivity contribution in [1.82, 2.24) is 5.32 Å². The van der Waals surface area contributed by atoms with Crippen LogP contribution in [0.3, 0.4) is 0 Å². The van der Waals surface area contributed by atoms with Crippen molar-refractivity contribution in [3.63, 3.8) is 0 Å². The monoisotopic (exact) mass is 378 g/mol. The van der Waals surface area contributed by atoms with Crippen LogP contribution in [0.1, 0.15) is 34.3 Å². The smallest absolute Gasteiger partial charge is 0.261 e. The molecule has 1 amide bonds. The van der Waals surface area contributed by atoms with Crippen LogP contribution in [0, 0.1) is 13.8 Å². The summed E-state index contributed by atoms with van der Waals surface area (Å²) >= 11 is 6.07. The second kappa shape index (κ2) is 6.69. The molecule has 0 aliphatic heterocycles. The Kier molecular flexibility index (Phi) is 4.75. The third kappa shape index (κ3) is 4.14. The summed E-state index contributed by atoms with van der Waals surface area (Å²) in [6.45, 7) is 3.87. The van der Waals surface area contributed by atoms with Crippen LogP contribution < -0.4 is 10.0 Å². The molecule has 1 fully saturated rings. The lowest BCUT2D eigenvalue weighted by Gasteiger charge is -2.12. The number of anilines is 1. The van der Waals surface area contributed by atoms with Crippen molar-refractivity contribution >= 4 is 33.2 Å². The summed E-state index contributed by atoms with van der Waals surface area (Å²) in [5.74, 6) is -0.351. The highest BCUT2D eigenvalue weighted by atomic mass is 35.5. The van der Waals surface area contributed by atoms with Crippen molar-refractivity contribution in [1.29, 1.82) is 0 Å². The van der Waals surface area contributed by atoms with E-state index in [9.17, 15) is 13.2 Å². The zero-order chi connectivity index (χ0) is 18.2. The van der Waals surface area contributed by atoms with Gasteiger partial charge in [0.1, 0.15) is 0 Å². The molecule has 25 heavy (non-hydrogen) atoms. The highest BCUT2D eigenvalue weighted by Crippen LogP contribution is 2.25. The molecule has 0 heterocycles. The van der Waals surface area contributed by atoms with Crippen molar-refractivity contribution in [2.75, 3.05) is 4.72 Å². The summed E-state index contributed by atoms with van der Waals surface area (Å²) in [6, 6.07) is 9.61. The molecule has 7 heteroatoms. The van der Waals surface area contributed by atoms with E-state index in [1.165, 1.54) is 18.2 Å². The van der Waals surface area contributed by atoms with Gasteiger partial charge in [0.15, 0.2) is 0 Å². The predicted molar refractivity (Wildman–Crippen MR) is 98.7 cm³/mol. The number of hydrogen-bond acceptors (Lipinski definition) is 3. The fourth-order valence-electron chi connectivity index (χ4n) is 2.36. The third-order valence-electron chi connectivity index (χ3n) is 4.16. The first-order valence-electron chi connectivity index (χ1n) is 7.97. The highest BCUT2D eigenvalue weighted by Gasteiger charge is 2.26. The number of aryl methyl sites for hydroxylation is 2. The molecule has 1 saturated carbocycles. The molecule has 2 aromatic carbocycles. The van der Waals surface area contributed by atoms with Gasteiger partial charge in [-0.3, -0.25) is 9.52 Å². The number of halogens is 1. The van der Waals surface area contributed by atoms with Gasteiger partial charge in [0, 0.05) is 11.7 Å².